The first kappa shape index (κ1) is 27.0. The second-order valence-corrected chi connectivity index (χ2v) is 6.89. The Kier molecular flexibility index (Phi) is 12.3. The number of nitrogens with two attached hydrogens (primary N) is 2. The van der Waals surface area contributed by atoms with Gasteiger partial charge in [-0.15, -0.1) is 0 Å². The zero-order valence-electron chi connectivity index (χ0n) is 15.7. The highest BCUT2D eigenvalue weighted by atomic mass is 32.1. The quantitative estimate of drug-likeness (QED) is 0.126. The highest BCUT2D eigenvalue weighted by Gasteiger charge is 2.32. The van der Waals surface area contributed by atoms with Crippen molar-refractivity contribution in [3.8, 4) is 0 Å². The number of carboxylic acids is 1. The smallest absolute Gasteiger partial charge is 0.327 e. The van der Waals surface area contributed by atoms with Crippen LogP contribution < -0.4 is 27.4 Å². The molecule has 4 amide bonds. The summed E-state index contributed by atoms with van der Waals surface area (Å²) in [6.07, 6.45) is -1.84. The van der Waals surface area contributed by atoms with Crippen LogP contribution in [0.15, 0.2) is 0 Å². The third kappa shape index (κ3) is 9.83. The Hall–Kier alpha value is -2.03. The maximum absolute atomic E-state index is 12.6. The van der Waals surface area contributed by atoms with Crippen LogP contribution in [0.5, 0.6) is 0 Å². The molecule has 0 saturated carbocycles. The molecule has 166 valence electrons. The van der Waals surface area contributed by atoms with Crippen LogP contribution in [0.4, 0.5) is 0 Å². The van der Waals surface area contributed by atoms with E-state index in [9.17, 15) is 29.1 Å². The van der Waals surface area contributed by atoms with Gasteiger partial charge < -0.3 is 37.6 Å². The van der Waals surface area contributed by atoms with Crippen LogP contribution in [0.2, 0.25) is 0 Å². The fourth-order valence-electron chi connectivity index (χ4n) is 2.02. The third-order valence-corrected chi connectivity index (χ3v) is 4.46. The molecular formula is C15H27N5O7S2. The predicted molar refractivity (Wildman–Crippen MR) is 109 cm³/mol. The highest BCUT2D eigenvalue weighted by Crippen LogP contribution is 2.03. The van der Waals surface area contributed by atoms with Gasteiger partial charge in [0.1, 0.15) is 18.1 Å². The number of carboxylic acid groups (broad SMARTS) is 1. The Morgan fingerprint density at radius 1 is 0.931 bits per heavy atom. The molecule has 0 aromatic heterocycles. The third-order valence-electron chi connectivity index (χ3n) is 3.71. The number of rotatable bonds is 13. The number of primary amides is 1. The molecule has 0 spiro atoms. The minimum atomic E-state index is -1.53. The molecule has 5 atom stereocenters. The SMILES string of the molecule is CC(O)C(NC(=O)C(CCC(N)=O)NC(=O)C(N)CS)C(=O)NC(CS)C(=O)O. The summed E-state index contributed by atoms with van der Waals surface area (Å²) in [5, 5.41) is 25.5. The minimum Gasteiger partial charge on any atom is -0.480 e. The molecule has 0 radical (unpaired) electrons. The van der Waals surface area contributed by atoms with E-state index in [-0.39, 0.29) is 24.3 Å². The van der Waals surface area contributed by atoms with Crippen molar-refractivity contribution < 1.29 is 34.2 Å². The lowest BCUT2D eigenvalue weighted by molar-refractivity contribution is -0.142. The number of aliphatic hydroxyl groups is 1. The van der Waals surface area contributed by atoms with Gasteiger partial charge in [-0.2, -0.15) is 25.3 Å². The van der Waals surface area contributed by atoms with Crippen molar-refractivity contribution in [2.75, 3.05) is 11.5 Å². The largest absolute Gasteiger partial charge is 0.480 e. The summed E-state index contributed by atoms with van der Waals surface area (Å²) in [5.41, 5.74) is 10.6. The van der Waals surface area contributed by atoms with Crippen molar-refractivity contribution in [1.82, 2.24) is 16.0 Å². The Bertz CT molecular complexity index is 620. The number of amides is 4. The van der Waals surface area contributed by atoms with Gasteiger partial charge in [-0.05, 0) is 13.3 Å². The molecule has 9 N–H and O–H groups in total. The normalized spacial score (nSPS) is 15.9. The van der Waals surface area contributed by atoms with Crippen LogP contribution in [0.1, 0.15) is 19.8 Å². The van der Waals surface area contributed by atoms with E-state index >= 15 is 0 Å². The molecule has 0 heterocycles. The summed E-state index contributed by atoms with van der Waals surface area (Å²) in [6.45, 7) is 1.20. The van der Waals surface area contributed by atoms with E-state index in [1.54, 1.807) is 0 Å². The maximum Gasteiger partial charge on any atom is 0.327 e. The Labute approximate surface area is 178 Å². The lowest BCUT2D eigenvalue weighted by Gasteiger charge is -2.26. The summed E-state index contributed by atoms with van der Waals surface area (Å²) in [4.78, 5) is 58.9. The van der Waals surface area contributed by atoms with Crippen LogP contribution in [0.3, 0.4) is 0 Å². The first-order chi connectivity index (χ1) is 13.4. The molecule has 0 saturated heterocycles. The molecule has 0 aliphatic heterocycles. The number of carbonyl (C=O) groups excluding carboxylic acids is 4. The number of hydrogen-bond donors (Lipinski definition) is 9. The molecule has 0 aliphatic rings. The lowest BCUT2D eigenvalue weighted by Crippen LogP contribution is -2.60. The van der Waals surface area contributed by atoms with Gasteiger partial charge in [0.15, 0.2) is 0 Å². The average Bonchev–Trinajstić information content (AvgIpc) is 2.65. The Balaban J connectivity index is 5.34. The summed E-state index contributed by atoms with van der Waals surface area (Å²) in [7, 11) is 0. The zero-order valence-corrected chi connectivity index (χ0v) is 17.5. The van der Waals surface area contributed by atoms with Crippen LogP contribution in [-0.4, -0.2) is 81.6 Å². The fraction of sp³-hybridized carbons (Fsp3) is 0.667. The van der Waals surface area contributed by atoms with Gasteiger partial charge in [-0.25, -0.2) is 4.79 Å². The Morgan fingerprint density at radius 2 is 1.48 bits per heavy atom. The molecule has 0 bridgehead atoms. The maximum atomic E-state index is 12.6. The highest BCUT2D eigenvalue weighted by molar-refractivity contribution is 7.80. The molecular weight excluding hydrogens is 426 g/mol. The molecule has 12 nitrogen and oxygen atoms in total. The molecule has 0 fully saturated rings. The summed E-state index contributed by atoms with van der Waals surface area (Å²) < 4.78 is 0. The van der Waals surface area contributed by atoms with E-state index < -0.39 is 59.9 Å². The standard InChI is InChI=1S/C15H27N5O7S2/c1-6(21)11(14(25)19-9(5-29)15(26)27)20-13(24)8(2-3-10(17)22)18-12(23)7(16)4-28/h6-9,11,21,28-29H,2-5,16H2,1H3,(H2,17,22)(H,18,23)(H,19,25)(H,20,24)(H,26,27). The molecule has 0 rings (SSSR count). The number of nitrogens with one attached hydrogen (secondary N) is 3. The molecule has 5 unspecified atom stereocenters. The van der Waals surface area contributed by atoms with E-state index in [1.807, 2.05) is 0 Å². The monoisotopic (exact) mass is 453 g/mol. The van der Waals surface area contributed by atoms with E-state index in [0.29, 0.717) is 0 Å². The molecule has 0 aliphatic carbocycles. The van der Waals surface area contributed by atoms with Gasteiger partial charge in [0, 0.05) is 17.9 Å². The van der Waals surface area contributed by atoms with Gasteiger partial charge in [-0.1, -0.05) is 0 Å². The van der Waals surface area contributed by atoms with Gasteiger partial charge in [0.05, 0.1) is 12.1 Å². The van der Waals surface area contributed by atoms with Crippen molar-refractivity contribution in [1.29, 1.82) is 0 Å². The van der Waals surface area contributed by atoms with E-state index in [0.717, 1.165) is 0 Å². The molecule has 14 heteroatoms. The number of aliphatic hydroxyl groups excluding tert-OH is 1. The summed E-state index contributed by atoms with van der Waals surface area (Å²) >= 11 is 7.69. The van der Waals surface area contributed by atoms with E-state index in [1.165, 1.54) is 6.92 Å². The molecule has 0 aromatic rings. The summed E-state index contributed by atoms with van der Waals surface area (Å²) in [5.74, 6) is -4.89. The minimum absolute atomic E-state index is 0.00496. The van der Waals surface area contributed by atoms with Crippen LogP contribution in [-0.2, 0) is 24.0 Å². The summed E-state index contributed by atoms with van der Waals surface area (Å²) in [6, 6.07) is -5.18. The number of hydrogen-bond acceptors (Lipinski definition) is 9. The van der Waals surface area contributed by atoms with Gasteiger partial charge in [0.25, 0.3) is 0 Å². The van der Waals surface area contributed by atoms with E-state index in [2.05, 4.69) is 41.2 Å². The molecule has 0 aromatic carbocycles. The predicted octanol–water partition coefficient (Wildman–Crippen LogP) is -3.64. The zero-order chi connectivity index (χ0) is 22.7. The number of aliphatic carboxylic acids is 1. The van der Waals surface area contributed by atoms with Crippen LogP contribution >= 0.6 is 25.3 Å². The average molecular weight is 454 g/mol. The topological polar surface area (TPSA) is 214 Å². The van der Waals surface area contributed by atoms with Crippen LogP contribution in [0, 0.1) is 0 Å². The van der Waals surface area contributed by atoms with Gasteiger partial charge >= 0.3 is 5.97 Å². The first-order valence-electron chi connectivity index (χ1n) is 8.52. The number of carbonyl (C=O) groups is 5. The second-order valence-electron chi connectivity index (χ2n) is 6.16. The lowest BCUT2D eigenvalue weighted by atomic mass is 10.1. The van der Waals surface area contributed by atoms with Crippen molar-refractivity contribution >= 4 is 54.9 Å². The van der Waals surface area contributed by atoms with Gasteiger partial charge in [-0.3, -0.25) is 19.2 Å². The molecule has 29 heavy (non-hydrogen) atoms. The first-order valence-corrected chi connectivity index (χ1v) is 9.78. The second kappa shape index (κ2) is 13.2. The van der Waals surface area contributed by atoms with E-state index in [4.69, 9.17) is 16.6 Å². The van der Waals surface area contributed by atoms with Crippen molar-refractivity contribution in [3.63, 3.8) is 0 Å². The number of thiol groups is 2. The van der Waals surface area contributed by atoms with Gasteiger partial charge in [0.2, 0.25) is 23.6 Å². The fourth-order valence-corrected chi connectivity index (χ4v) is 2.44. The van der Waals surface area contributed by atoms with Crippen molar-refractivity contribution in [3.05, 3.63) is 0 Å². The van der Waals surface area contributed by atoms with Crippen molar-refractivity contribution in [2.45, 2.75) is 50.0 Å². The van der Waals surface area contributed by atoms with Crippen molar-refractivity contribution in [2.24, 2.45) is 11.5 Å². The van der Waals surface area contributed by atoms with Crippen LogP contribution in [0.25, 0.3) is 0 Å². The Morgan fingerprint density at radius 3 is 1.90 bits per heavy atom.